The van der Waals surface area contributed by atoms with E-state index in [1.54, 1.807) is 18.2 Å². The maximum atomic E-state index is 13.7. The monoisotopic (exact) mass is 325 g/mol. The number of hydrogen-bond acceptors (Lipinski definition) is 3. The number of para-hydroxylation sites is 1. The molecule has 1 heterocycles. The number of aromatic nitrogens is 1. The molecule has 0 atom stereocenters. The van der Waals surface area contributed by atoms with Crippen LogP contribution in [0.5, 0.6) is 0 Å². The molecule has 0 bridgehead atoms. The SMILES string of the molecule is O=C(Nc1ccccc1)c1ccnc(Nc2ccc(F)cc2F)c1. The highest BCUT2D eigenvalue weighted by Gasteiger charge is 2.09. The van der Waals surface area contributed by atoms with Gasteiger partial charge in [0.1, 0.15) is 17.5 Å². The third-order valence-corrected chi connectivity index (χ3v) is 3.25. The largest absolute Gasteiger partial charge is 0.338 e. The van der Waals surface area contributed by atoms with Gasteiger partial charge in [-0.05, 0) is 36.4 Å². The summed E-state index contributed by atoms with van der Waals surface area (Å²) in [5.74, 6) is -1.44. The molecule has 4 nitrogen and oxygen atoms in total. The lowest BCUT2D eigenvalue weighted by Gasteiger charge is -2.09. The maximum absolute atomic E-state index is 13.7. The highest BCUT2D eigenvalue weighted by Crippen LogP contribution is 2.20. The zero-order valence-corrected chi connectivity index (χ0v) is 12.5. The van der Waals surface area contributed by atoms with Crippen LogP contribution in [-0.2, 0) is 0 Å². The molecular formula is C18H13F2N3O. The van der Waals surface area contributed by atoms with Gasteiger partial charge in [0.25, 0.3) is 5.91 Å². The molecule has 2 aromatic carbocycles. The van der Waals surface area contributed by atoms with Crippen molar-refractivity contribution in [3.63, 3.8) is 0 Å². The third-order valence-electron chi connectivity index (χ3n) is 3.25. The first-order valence-electron chi connectivity index (χ1n) is 7.16. The third kappa shape index (κ3) is 3.73. The summed E-state index contributed by atoms with van der Waals surface area (Å²) in [6.45, 7) is 0. The summed E-state index contributed by atoms with van der Waals surface area (Å²) < 4.78 is 26.6. The molecule has 3 rings (SSSR count). The number of anilines is 3. The topological polar surface area (TPSA) is 54.0 Å². The van der Waals surface area contributed by atoms with E-state index in [0.29, 0.717) is 11.3 Å². The van der Waals surface area contributed by atoms with Crippen LogP contribution in [0.4, 0.5) is 26.0 Å². The molecule has 0 aliphatic heterocycles. The van der Waals surface area contributed by atoms with Gasteiger partial charge in [0.15, 0.2) is 0 Å². The van der Waals surface area contributed by atoms with Crippen LogP contribution in [0.25, 0.3) is 0 Å². The summed E-state index contributed by atoms with van der Waals surface area (Å²) in [6, 6.07) is 15.2. The van der Waals surface area contributed by atoms with Crippen molar-refractivity contribution < 1.29 is 13.6 Å². The van der Waals surface area contributed by atoms with Crippen molar-refractivity contribution in [1.29, 1.82) is 0 Å². The van der Waals surface area contributed by atoms with Gasteiger partial charge < -0.3 is 10.6 Å². The number of nitrogens with zero attached hydrogens (tertiary/aromatic N) is 1. The molecule has 6 heteroatoms. The molecule has 1 aromatic heterocycles. The molecule has 0 aliphatic carbocycles. The molecule has 0 radical (unpaired) electrons. The number of nitrogens with one attached hydrogen (secondary N) is 2. The van der Waals surface area contributed by atoms with Crippen LogP contribution in [-0.4, -0.2) is 10.9 Å². The van der Waals surface area contributed by atoms with Crippen LogP contribution in [0.1, 0.15) is 10.4 Å². The Kier molecular flexibility index (Phi) is 4.47. The zero-order valence-electron chi connectivity index (χ0n) is 12.5. The lowest BCUT2D eigenvalue weighted by molar-refractivity contribution is 0.102. The Morgan fingerprint density at radius 1 is 0.958 bits per heavy atom. The summed E-state index contributed by atoms with van der Waals surface area (Å²) in [5, 5.41) is 5.48. The number of pyridine rings is 1. The Morgan fingerprint density at radius 3 is 2.50 bits per heavy atom. The van der Waals surface area contributed by atoms with Crippen molar-refractivity contribution in [2.24, 2.45) is 0 Å². The Hall–Kier alpha value is -3.28. The number of rotatable bonds is 4. The Morgan fingerprint density at radius 2 is 1.75 bits per heavy atom. The van der Waals surface area contributed by atoms with Gasteiger partial charge in [0.2, 0.25) is 0 Å². The van der Waals surface area contributed by atoms with Gasteiger partial charge in [-0.15, -0.1) is 0 Å². The minimum atomic E-state index is -0.740. The van der Waals surface area contributed by atoms with Crippen LogP contribution < -0.4 is 10.6 Å². The fraction of sp³-hybridized carbons (Fsp3) is 0. The Labute approximate surface area is 137 Å². The van der Waals surface area contributed by atoms with Gasteiger partial charge in [0, 0.05) is 23.5 Å². The van der Waals surface area contributed by atoms with Crippen molar-refractivity contribution in [2.75, 3.05) is 10.6 Å². The van der Waals surface area contributed by atoms with Crippen molar-refractivity contribution >= 4 is 23.1 Å². The molecule has 3 aromatic rings. The van der Waals surface area contributed by atoms with Crippen LogP contribution in [0.2, 0.25) is 0 Å². The van der Waals surface area contributed by atoms with E-state index in [1.165, 1.54) is 18.3 Å². The second kappa shape index (κ2) is 6.87. The van der Waals surface area contributed by atoms with Crippen LogP contribution >= 0.6 is 0 Å². The van der Waals surface area contributed by atoms with E-state index in [1.807, 2.05) is 18.2 Å². The summed E-state index contributed by atoms with van der Waals surface area (Å²) >= 11 is 0. The molecule has 0 spiro atoms. The van der Waals surface area contributed by atoms with Gasteiger partial charge in [-0.25, -0.2) is 13.8 Å². The van der Waals surface area contributed by atoms with E-state index < -0.39 is 11.6 Å². The van der Waals surface area contributed by atoms with Gasteiger partial charge >= 0.3 is 0 Å². The normalized spacial score (nSPS) is 10.2. The fourth-order valence-electron chi connectivity index (χ4n) is 2.09. The van der Waals surface area contributed by atoms with Gasteiger partial charge in [-0.3, -0.25) is 4.79 Å². The first-order valence-corrected chi connectivity index (χ1v) is 7.16. The highest BCUT2D eigenvalue weighted by molar-refractivity contribution is 6.04. The number of benzene rings is 2. The molecular weight excluding hydrogens is 312 g/mol. The molecule has 0 saturated heterocycles. The lowest BCUT2D eigenvalue weighted by atomic mass is 10.2. The summed E-state index contributed by atoms with van der Waals surface area (Å²) in [4.78, 5) is 16.3. The van der Waals surface area contributed by atoms with E-state index in [4.69, 9.17) is 0 Å². The summed E-state index contributed by atoms with van der Waals surface area (Å²) in [5.41, 5.74) is 1.10. The van der Waals surface area contributed by atoms with E-state index in [9.17, 15) is 13.6 Å². The average Bonchev–Trinajstić information content (AvgIpc) is 2.59. The van der Waals surface area contributed by atoms with E-state index in [-0.39, 0.29) is 17.4 Å². The van der Waals surface area contributed by atoms with Gasteiger partial charge in [-0.1, -0.05) is 18.2 Å². The lowest BCUT2D eigenvalue weighted by Crippen LogP contribution is -2.12. The molecule has 0 aliphatic rings. The second-order valence-electron chi connectivity index (χ2n) is 5.00. The van der Waals surface area contributed by atoms with E-state index in [2.05, 4.69) is 15.6 Å². The average molecular weight is 325 g/mol. The van der Waals surface area contributed by atoms with E-state index >= 15 is 0 Å². The molecule has 0 unspecified atom stereocenters. The van der Waals surface area contributed by atoms with Crippen molar-refractivity contribution in [3.05, 3.63) is 84.1 Å². The smallest absolute Gasteiger partial charge is 0.255 e. The molecule has 0 saturated carbocycles. The summed E-state index contributed by atoms with van der Waals surface area (Å²) in [6.07, 6.45) is 1.43. The fourth-order valence-corrected chi connectivity index (χ4v) is 2.09. The standard InChI is InChI=1S/C18H13F2N3O/c19-13-6-7-16(15(20)11-13)23-17-10-12(8-9-21-17)18(24)22-14-4-2-1-3-5-14/h1-11H,(H,21,23)(H,22,24). The van der Waals surface area contributed by atoms with Gasteiger partial charge in [0.05, 0.1) is 5.69 Å². The number of amides is 1. The molecule has 120 valence electrons. The molecule has 24 heavy (non-hydrogen) atoms. The molecule has 0 fully saturated rings. The van der Waals surface area contributed by atoms with Crippen molar-refractivity contribution in [2.45, 2.75) is 0 Å². The Bertz CT molecular complexity index is 869. The molecule has 1 amide bonds. The maximum Gasteiger partial charge on any atom is 0.255 e. The van der Waals surface area contributed by atoms with Crippen molar-refractivity contribution in [3.8, 4) is 0 Å². The second-order valence-corrected chi connectivity index (χ2v) is 5.00. The predicted octanol–water partition coefficient (Wildman–Crippen LogP) is 4.36. The number of carbonyl (C=O) groups is 1. The van der Waals surface area contributed by atoms with Gasteiger partial charge in [-0.2, -0.15) is 0 Å². The highest BCUT2D eigenvalue weighted by atomic mass is 19.1. The predicted molar refractivity (Wildman–Crippen MR) is 88.3 cm³/mol. The first kappa shape index (κ1) is 15.6. The van der Waals surface area contributed by atoms with Crippen LogP contribution in [0.3, 0.4) is 0 Å². The van der Waals surface area contributed by atoms with Crippen LogP contribution in [0, 0.1) is 11.6 Å². The number of hydrogen-bond donors (Lipinski definition) is 2. The van der Waals surface area contributed by atoms with E-state index in [0.717, 1.165) is 12.1 Å². The quantitative estimate of drug-likeness (QED) is 0.749. The summed E-state index contributed by atoms with van der Waals surface area (Å²) in [7, 11) is 0. The molecule has 2 N–H and O–H groups in total. The van der Waals surface area contributed by atoms with Crippen molar-refractivity contribution in [1.82, 2.24) is 4.98 Å². The van der Waals surface area contributed by atoms with Crippen LogP contribution in [0.15, 0.2) is 66.9 Å². The Balaban J connectivity index is 1.77. The number of carbonyl (C=O) groups excluding carboxylic acids is 1. The minimum Gasteiger partial charge on any atom is -0.338 e. The first-order chi connectivity index (χ1) is 11.6. The zero-order chi connectivity index (χ0) is 16.9. The number of halogens is 2. The minimum absolute atomic E-state index is 0.0736.